The Kier molecular flexibility index (Phi) is 5.83. The Balaban J connectivity index is 1.40. The predicted molar refractivity (Wildman–Crippen MR) is 127 cm³/mol. The standard InChI is InChI=1S/C25H26N6O3/c1-16-5-9-18(10-6-16)25(33)30-13-3-4-19(15-30)22-26-23-21(24(32)27-22)28-29-31(23)14-17-7-11-20(34-2)12-8-17/h5-12,19H,3-4,13-15H2,1-2H3,(H,26,27,32)/t19-/m1/s1. The first kappa shape index (κ1) is 21.8. The van der Waals surface area contributed by atoms with E-state index in [0.29, 0.717) is 36.7 Å². The second-order valence-corrected chi connectivity index (χ2v) is 8.67. The van der Waals surface area contributed by atoms with E-state index in [-0.39, 0.29) is 22.9 Å². The predicted octanol–water partition coefficient (Wildman–Crippen LogP) is 2.90. The van der Waals surface area contributed by atoms with Gasteiger partial charge in [-0.1, -0.05) is 35.0 Å². The Bertz CT molecular complexity index is 1370. The molecule has 1 atom stereocenters. The lowest BCUT2D eigenvalue weighted by Crippen LogP contribution is -2.40. The summed E-state index contributed by atoms with van der Waals surface area (Å²) in [6.45, 7) is 3.62. The molecule has 2 aromatic carbocycles. The minimum atomic E-state index is -0.317. The van der Waals surface area contributed by atoms with Gasteiger partial charge in [-0.05, 0) is 49.6 Å². The summed E-state index contributed by atoms with van der Waals surface area (Å²) in [5.74, 6) is 1.27. The minimum absolute atomic E-state index is 0.000612. The van der Waals surface area contributed by atoms with Crippen LogP contribution in [0.1, 0.15) is 46.1 Å². The van der Waals surface area contributed by atoms with E-state index in [0.717, 1.165) is 29.7 Å². The van der Waals surface area contributed by atoms with E-state index in [2.05, 4.69) is 15.3 Å². The lowest BCUT2D eigenvalue weighted by Gasteiger charge is -2.32. The van der Waals surface area contributed by atoms with Gasteiger partial charge in [-0.2, -0.15) is 0 Å². The molecule has 3 heterocycles. The maximum absolute atomic E-state index is 13.0. The number of benzene rings is 2. The molecule has 4 aromatic rings. The molecule has 1 saturated heterocycles. The van der Waals surface area contributed by atoms with Crippen LogP contribution in [0.15, 0.2) is 53.3 Å². The molecule has 1 N–H and O–H groups in total. The molecule has 0 radical (unpaired) electrons. The second kappa shape index (κ2) is 9.09. The van der Waals surface area contributed by atoms with Crippen LogP contribution in [0, 0.1) is 6.92 Å². The third kappa shape index (κ3) is 4.28. The van der Waals surface area contributed by atoms with Gasteiger partial charge < -0.3 is 14.6 Å². The number of aromatic amines is 1. The molecule has 34 heavy (non-hydrogen) atoms. The maximum Gasteiger partial charge on any atom is 0.281 e. The number of piperidine rings is 1. The zero-order valence-corrected chi connectivity index (χ0v) is 19.2. The van der Waals surface area contributed by atoms with Gasteiger partial charge in [0.15, 0.2) is 11.2 Å². The van der Waals surface area contributed by atoms with Crippen molar-refractivity contribution in [2.24, 2.45) is 0 Å². The molecule has 174 valence electrons. The van der Waals surface area contributed by atoms with Crippen molar-refractivity contribution in [2.75, 3.05) is 20.2 Å². The fourth-order valence-electron chi connectivity index (χ4n) is 4.35. The Morgan fingerprint density at radius 3 is 2.65 bits per heavy atom. The number of hydrogen-bond acceptors (Lipinski definition) is 6. The summed E-state index contributed by atoms with van der Waals surface area (Å²) < 4.78 is 6.84. The zero-order valence-electron chi connectivity index (χ0n) is 19.2. The quantitative estimate of drug-likeness (QED) is 0.493. The molecule has 0 bridgehead atoms. The summed E-state index contributed by atoms with van der Waals surface area (Å²) >= 11 is 0. The zero-order chi connectivity index (χ0) is 23.7. The van der Waals surface area contributed by atoms with Crippen LogP contribution >= 0.6 is 0 Å². The van der Waals surface area contributed by atoms with Gasteiger partial charge >= 0.3 is 0 Å². The largest absolute Gasteiger partial charge is 0.497 e. The lowest BCUT2D eigenvalue weighted by atomic mass is 9.96. The SMILES string of the molecule is COc1ccc(Cn2nnc3c(=O)[nH]c([C@@H]4CCCN(C(=O)c5ccc(C)cc5)C4)nc32)cc1. The molecule has 1 aliphatic heterocycles. The number of nitrogens with zero attached hydrogens (tertiary/aromatic N) is 5. The summed E-state index contributed by atoms with van der Waals surface area (Å²) in [4.78, 5) is 35.3. The van der Waals surface area contributed by atoms with E-state index in [4.69, 9.17) is 9.72 Å². The Morgan fingerprint density at radius 2 is 1.91 bits per heavy atom. The number of aryl methyl sites for hydroxylation is 1. The summed E-state index contributed by atoms with van der Waals surface area (Å²) in [6, 6.07) is 15.2. The number of fused-ring (bicyclic) bond motifs is 1. The van der Waals surface area contributed by atoms with E-state index >= 15 is 0 Å². The van der Waals surface area contributed by atoms with Crippen LogP contribution in [-0.2, 0) is 6.54 Å². The Hall–Kier alpha value is -4.01. The topological polar surface area (TPSA) is 106 Å². The lowest BCUT2D eigenvalue weighted by molar-refractivity contribution is 0.0704. The fraction of sp³-hybridized carbons (Fsp3) is 0.320. The van der Waals surface area contributed by atoms with Gasteiger partial charge in [0, 0.05) is 24.6 Å². The van der Waals surface area contributed by atoms with Crippen LogP contribution in [0.3, 0.4) is 0 Å². The number of nitrogens with one attached hydrogen (secondary N) is 1. The Labute approximate surface area is 196 Å². The first-order valence-electron chi connectivity index (χ1n) is 11.3. The first-order chi connectivity index (χ1) is 16.5. The molecular formula is C25H26N6O3. The summed E-state index contributed by atoms with van der Waals surface area (Å²) in [7, 11) is 1.62. The summed E-state index contributed by atoms with van der Waals surface area (Å²) in [5, 5.41) is 8.20. The molecular weight excluding hydrogens is 432 g/mol. The van der Waals surface area contributed by atoms with Gasteiger partial charge in [-0.25, -0.2) is 9.67 Å². The van der Waals surface area contributed by atoms with Gasteiger partial charge in [0.1, 0.15) is 11.6 Å². The maximum atomic E-state index is 13.0. The van der Waals surface area contributed by atoms with E-state index in [1.807, 2.05) is 60.4 Å². The summed E-state index contributed by atoms with van der Waals surface area (Å²) in [6.07, 6.45) is 1.68. The van der Waals surface area contributed by atoms with E-state index < -0.39 is 0 Å². The van der Waals surface area contributed by atoms with Crippen LogP contribution < -0.4 is 10.3 Å². The highest BCUT2D eigenvalue weighted by atomic mass is 16.5. The van der Waals surface area contributed by atoms with Gasteiger partial charge in [0.25, 0.3) is 11.5 Å². The highest BCUT2D eigenvalue weighted by Gasteiger charge is 2.28. The number of hydrogen-bond donors (Lipinski definition) is 1. The fourth-order valence-corrected chi connectivity index (χ4v) is 4.35. The molecule has 0 aliphatic carbocycles. The monoisotopic (exact) mass is 458 g/mol. The number of methoxy groups -OCH3 is 1. The summed E-state index contributed by atoms with van der Waals surface area (Å²) in [5.41, 5.74) is 3.11. The number of likely N-dealkylation sites (tertiary alicyclic amines) is 1. The molecule has 0 unspecified atom stereocenters. The van der Waals surface area contributed by atoms with Gasteiger partial charge in [0.2, 0.25) is 0 Å². The highest BCUT2D eigenvalue weighted by molar-refractivity contribution is 5.94. The van der Waals surface area contributed by atoms with E-state index in [9.17, 15) is 9.59 Å². The third-order valence-electron chi connectivity index (χ3n) is 6.28. The number of carbonyl (C=O) groups is 1. The van der Waals surface area contributed by atoms with Crippen molar-refractivity contribution in [1.82, 2.24) is 29.9 Å². The van der Waals surface area contributed by atoms with Crippen molar-refractivity contribution in [3.63, 3.8) is 0 Å². The molecule has 9 nitrogen and oxygen atoms in total. The van der Waals surface area contributed by atoms with Crippen LogP contribution in [0.25, 0.3) is 11.2 Å². The molecule has 5 rings (SSSR count). The third-order valence-corrected chi connectivity index (χ3v) is 6.28. The first-order valence-corrected chi connectivity index (χ1v) is 11.3. The molecule has 1 aliphatic rings. The second-order valence-electron chi connectivity index (χ2n) is 8.67. The van der Waals surface area contributed by atoms with Crippen LogP contribution in [0.4, 0.5) is 0 Å². The number of aromatic nitrogens is 5. The number of rotatable bonds is 5. The van der Waals surface area contributed by atoms with Crippen LogP contribution in [0.5, 0.6) is 5.75 Å². The number of ether oxygens (including phenoxy) is 1. The van der Waals surface area contributed by atoms with Crippen molar-refractivity contribution >= 4 is 17.1 Å². The van der Waals surface area contributed by atoms with Crippen molar-refractivity contribution < 1.29 is 9.53 Å². The van der Waals surface area contributed by atoms with Crippen LogP contribution in [0.2, 0.25) is 0 Å². The van der Waals surface area contributed by atoms with Crippen molar-refractivity contribution in [2.45, 2.75) is 32.2 Å². The average Bonchev–Trinajstić information content (AvgIpc) is 3.28. The average molecular weight is 459 g/mol. The van der Waals surface area contributed by atoms with Gasteiger partial charge in [-0.3, -0.25) is 9.59 Å². The van der Waals surface area contributed by atoms with Crippen molar-refractivity contribution in [1.29, 1.82) is 0 Å². The number of H-pyrrole nitrogens is 1. The van der Waals surface area contributed by atoms with Crippen LogP contribution in [-0.4, -0.2) is 56.0 Å². The Morgan fingerprint density at radius 1 is 1.15 bits per heavy atom. The minimum Gasteiger partial charge on any atom is -0.497 e. The van der Waals surface area contributed by atoms with Gasteiger partial charge in [0.05, 0.1) is 13.7 Å². The van der Waals surface area contributed by atoms with E-state index in [1.165, 1.54) is 0 Å². The van der Waals surface area contributed by atoms with E-state index in [1.54, 1.807) is 11.8 Å². The molecule has 2 aromatic heterocycles. The molecule has 1 fully saturated rings. The van der Waals surface area contributed by atoms with Crippen molar-refractivity contribution in [3.8, 4) is 5.75 Å². The van der Waals surface area contributed by atoms with Crippen molar-refractivity contribution in [3.05, 3.63) is 81.4 Å². The molecule has 9 heteroatoms. The molecule has 1 amide bonds. The highest BCUT2D eigenvalue weighted by Crippen LogP contribution is 2.26. The smallest absolute Gasteiger partial charge is 0.281 e. The normalized spacial score (nSPS) is 16.1. The number of amides is 1. The molecule has 0 saturated carbocycles. The van der Waals surface area contributed by atoms with Gasteiger partial charge in [-0.15, -0.1) is 5.10 Å². The molecule has 0 spiro atoms. The number of carbonyl (C=O) groups excluding carboxylic acids is 1.